The van der Waals surface area contributed by atoms with E-state index in [-0.39, 0.29) is 0 Å². The molecule has 0 saturated heterocycles. The molecule has 0 radical (unpaired) electrons. The first-order chi connectivity index (χ1) is 6.72. The number of pyridine rings is 1. The van der Waals surface area contributed by atoms with Gasteiger partial charge >= 0.3 is 0 Å². The minimum absolute atomic E-state index is 0.298. The van der Waals surface area contributed by atoms with Gasteiger partial charge in [-0.2, -0.15) is 15.0 Å². The van der Waals surface area contributed by atoms with Crippen molar-refractivity contribution < 1.29 is 0 Å². The standard InChI is InChI=1S/C10H14N4/c1-4-8-10-9(5-6-11-8)12-14(13-10)7(2)3/h5-7H,4H2,1-3H3. The zero-order valence-electron chi connectivity index (χ0n) is 8.73. The third-order valence-corrected chi connectivity index (χ3v) is 2.19. The van der Waals surface area contributed by atoms with E-state index in [1.54, 1.807) is 11.0 Å². The Hall–Kier alpha value is -1.45. The first kappa shape index (κ1) is 9.12. The summed E-state index contributed by atoms with van der Waals surface area (Å²) in [6, 6.07) is 2.20. The lowest BCUT2D eigenvalue weighted by molar-refractivity contribution is 0.472. The highest BCUT2D eigenvalue weighted by molar-refractivity contribution is 5.75. The Kier molecular flexibility index (Phi) is 2.19. The molecule has 0 unspecified atom stereocenters. The molecule has 14 heavy (non-hydrogen) atoms. The van der Waals surface area contributed by atoms with Crippen molar-refractivity contribution in [1.29, 1.82) is 0 Å². The summed E-state index contributed by atoms with van der Waals surface area (Å²) in [6.45, 7) is 6.21. The Labute approximate surface area is 83.0 Å². The summed E-state index contributed by atoms with van der Waals surface area (Å²) >= 11 is 0. The Bertz CT molecular complexity index is 444. The fourth-order valence-electron chi connectivity index (χ4n) is 1.40. The smallest absolute Gasteiger partial charge is 0.134 e. The summed E-state index contributed by atoms with van der Waals surface area (Å²) in [7, 11) is 0. The van der Waals surface area contributed by atoms with Gasteiger partial charge < -0.3 is 0 Å². The molecule has 0 N–H and O–H groups in total. The summed E-state index contributed by atoms with van der Waals surface area (Å²) in [6.07, 6.45) is 2.69. The van der Waals surface area contributed by atoms with E-state index in [0.717, 1.165) is 23.1 Å². The molecule has 0 saturated carbocycles. The number of aryl methyl sites for hydroxylation is 1. The summed E-state index contributed by atoms with van der Waals surface area (Å²) in [5.41, 5.74) is 2.89. The van der Waals surface area contributed by atoms with Crippen LogP contribution in [0.5, 0.6) is 0 Å². The third kappa shape index (κ3) is 1.36. The van der Waals surface area contributed by atoms with Gasteiger partial charge in [0.15, 0.2) is 0 Å². The lowest BCUT2D eigenvalue weighted by atomic mass is 10.2. The van der Waals surface area contributed by atoms with Crippen molar-refractivity contribution in [3.63, 3.8) is 0 Å². The van der Waals surface area contributed by atoms with Crippen molar-refractivity contribution >= 4 is 11.0 Å². The normalized spacial score (nSPS) is 11.4. The maximum absolute atomic E-state index is 4.43. The highest BCUT2D eigenvalue weighted by atomic mass is 15.5. The Morgan fingerprint density at radius 2 is 2.14 bits per heavy atom. The predicted octanol–water partition coefficient (Wildman–Crippen LogP) is 1.97. The van der Waals surface area contributed by atoms with E-state index in [2.05, 4.69) is 36.0 Å². The topological polar surface area (TPSA) is 43.6 Å². The van der Waals surface area contributed by atoms with E-state index in [1.165, 1.54) is 0 Å². The first-order valence-electron chi connectivity index (χ1n) is 4.92. The molecule has 0 fully saturated rings. The third-order valence-electron chi connectivity index (χ3n) is 2.19. The van der Waals surface area contributed by atoms with Crippen LogP contribution in [0.2, 0.25) is 0 Å². The number of fused-ring (bicyclic) bond motifs is 1. The maximum Gasteiger partial charge on any atom is 0.134 e. The quantitative estimate of drug-likeness (QED) is 0.727. The molecular weight excluding hydrogens is 176 g/mol. The van der Waals surface area contributed by atoms with Crippen LogP contribution in [0.3, 0.4) is 0 Å². The van der Waals surface area contributed by atoms with E-state index in [9.17, 15) is 0 Å². The zero-order chi connectivity index (χ0) is 10.1. The van der Waals surface area contributed by atoms with Crippen LogP contribution in [0, 0.1) is 0 Å². The van der Waals surface area contributed by atoms with Crippen LogP contribution in [0.15, 0.2) is 12.3 Å². The molecule has 4 nitrogen and oxygen atoms in total. The van der Waals surface area contributed by atoms with Crippen molar-refractivity contribution in [2.24, 2.45) is 0 Å². The molecule has 0 aliphatic rings. The molecule has 2 rings (SSSR count). The summed E-state index contributed by atoms with van der Waals surface area (Å²) in [5.74, 6) is 0. The van der Waals surface area contributed by atoms with Gasteiger partial charge in [0.1, 0.15) is 11.0 Å². The summed E-state index contributed by atoms with van der Waals surface area (Å²) in [4.78, 5) is 6.02. The monoisotopic (exact) mass is 190 g/mol. The van der Waals surface area contributed by atoms with Crippen LogP contribution in [0.25, 0.3) is 11.0 Å². The van der Waals surface area contributed by atoms with Gasteiger partial charge in [0.05, 0.1) is 11.7 Å². The van der Waals surface area contributed by atoms with E-state index >= 15 is 0 Å². The van der Waals surface area contributed by atoms with Crippen molar-refractivity contribution in [1.82, 2.24) is 20.0 Å². The molecule has 0 aliphatic heterocycles. The highest BCUT2D eigenvalue weighted by Gasteiger charge is 2.08. The van der Waals surface area contributed by atoms with Crippen molar-refractivity contribution in [3.05, 3.63) is 18.0 Å². The van der Waals surface area contributed by atoms with Crippen LogP contribution in [-0.4, -0.2) is 20.0 Å². The number of nitrogens with zero attached hydrogens (tertiary/aromatic N) is 4. The number of rotatable bonds is 2. The molecule has 0 spiro atoms. The molecule has 74 valence electrons. The average Bonchev–Trinajstić information content (AvgIpc) is 2.60. The first-order valence-corrected chi connectivity index (χ1v) is 4.92. The minimum Gasteiger partial charge on any atom is -0.259 e. The van der Waals surface area contributed by atoms with Gasteiger partial charge in [0.25, 0.3) is 0 Å². The minimum atomic E-state index is 0.298. The molecule has 2 aromatic heterocycles. The van der Waals surface area contributed by atoms with Gasteiger partial charge in [-0.15, -0.1) is 0 Å². The fourth-order valence-corrected chi connectivity index (χ4v) is 1.40. The Balaban J connectivity index is 2.64. The lowest BCUT2D eigenvalue weighted by Crippen LogP contribution is -2.04. The Morgan fingerprint density at radius 3 is 2.79 bits per heavy atom. The van der Waals surface area contributed by atoms with Gasteiger partial charge in [-0.3, -0.25) is 4.98 Å². The number of aromatic nitrogens is 4. The Morgan fingerprint density at radius 1 is 1.36 bits per heavy atom. The number of hydrogen-bond acceptors (Lipinski definition) is 3. The molecule has 2 aromatic rings. The van der Waals surface area contributed by atoms with E-state index in [0.29, 0.717) is 6.04 Å². The van der Waals surface area contributed by atoms with Crippen LogP contribution in [0.1, 0.15) is 32.5 Å². The second-order valence-electron chi connectivity index (χ2n) is 3.59. The van der Waals surface area contributed by atoms with E-state index in [1.807, 2.05) is 6.07 Å². The SMILES string of the molecule is CCc1nccc2nn(C(C)C)nc12. The van der Waals surface area contributed by atoms with Gasteiger partial charge in [0.2, 0.25) is 0 Å². The predicted molar refractivity (Wildman–Crippen MR) is 55.1 cm³/mol. The van der Waals surface area contributed by atoms with Crippen LogP contribution in [0.4, 0.5) is 0 Å². The molecule has 4 heteroatoms. The molecule has 0 amide bonds. The molecule has 0 atom stereocenters. The zero-order valence-corrected chi connectivity index (χ0v) is 8.73. The van der Waals surface area contributed by atoms with Crippen molar-refractivity contribution in [3.8, 4) is 0 Å². The summed E-state index contributed by atoms with van der Waals surface area (Å²) in [5, 5.41) is 8.81. The number of hydrogen-bond donors (Lipinski definition) is 0. The van der Waals surface area contributed by atoms with Gasteiger partial charge in [-0.1, -0.05) is 6.92 Å². The van der Waals surface area contributed by atoms with E-state index < -0.39 is 0 Å². The van der Waals surface area contributed by atoms with Crippen LogP contribution in [-0.2, 0) is 6.42 Å². The van der Waals surface area contributed by atoms with Crippen molar-refractivity contribution in [2.45, 2.75) is 33.2 Å². The van der Waals surface area contributed by atoms with Gasteiger partial charge in [-0.05, 0) is 26.3 Å². The molecule has 0 bridgehead atoms. The van der Waals surface area contributed by atoms with Gasteiger partial charge in [0, 0.05) is 6.20 Å². The lowest BCUT2D eigenvalue weighted by Gasteiger charge is -2.00. The van der Waals surface area contributed by atoms with Crippen LogP contribution < -0.4 is 0 Å². The van der Waals surface area contributed by atoms with Gasteiger partial charge in [-0.25, -0.2) is 0 Å². The summed E-state index contributed by atoms with van der Waals surface area (Å²) < 4.78 is 0. The largest absolute Gasteiger partial charge is 0.259 e. The van der Waals surface area contributed by atoms with E-state index in [4.69, 9.17) is 0 Å². The highest BCUT2D eigenvalue weighted by Crippen LogP contribution is 2.14. The second kappa shape index (κ2) is 3.36. The molecule has 0 aliphatic carbocycles. The maximum atomic E-state index is 4.43. The molecular formula is C10H14N4. The second-order valence-corrected chi connectivity index (χ2v) is 3.59. The van der Waals surface area contributed by atoms with Crippen molar-refractivity contribution in [2.75, 3.05) is 0 Å². The molecule has 0 aromatic carbocycles. The molecule has 2 heterocycles. The average molecular weight is 190 g/mol. The fraction of sp³-hybridized carbons (Fsp3) is 0.500. The van der Waals surface area contributed by atoms with Crippen LogP contribution >= 0.6 is 0 Å².